The summed E-state index contributed by atoms with van der Waals surface area (Å²) in [6.45, 7) is 8.06. The van der Waals surface area contributed by atoms with E-state index in [-0.39, 0.29) is 23.8 Å². The average molecular weight is 465 g/mol. The molecule has 2 amide bonds. The highest BCUT2D eigenvalue weighted by Crippen LogP contribution is 2.27. The van der Waals surface area contributed by atoms with Crippen molar-refractivity contribution < 1.29 is 19.1 Å². The minimum atomic E-state index is -0.332. The Labute approximate surface area is 200 Å². The lowest BCUT2D eigenvalue weighted by Crippen LogP contribution is -2.35. The molecule has 180 valence electrons. The van der Waals surface area contributed by atoms with Gasteiger partial charge in [0.15, 0.2) is 0 Å². The summed E-state index contributed by atoms with van der Waals surface area (Å²) < 4.78 is 12.2. The van der Waals surface area contributed by atoms with Crippen molar-refractivity contribution in [3.63, 3.8) is 0 Å². The van der Waals surface area contributed by atoms with E-state index in [2.05, 4.69) is 26.1 Å². The van der Waals surface area contributed by atoms with Crippen LogP contribution in [0.4, 0.5) is 5.82 Å². The first kappa shape index (κ1) is 24.8. The molecule has 8 nitrogen and oxygen atoms in total. The molecule has 1 aromatic heterocycles. The van der Waals surface area contributed by atoms with Crippen LogP contribution < -0.4 is 14.8 Å². The molecule has 0 fully saturated rings. The fourth-order valence-corrected chi connectivity index (χ4v) is 3.44. The van der Waals surface area contributed by atoms with Crippen LogP contribution in [0.2, 0.25) is 0 Å². The molecule has 34 heavy (non-hydrogen) atoms. The van der Waals surface area contributed by atoms with Crippen molar-refractivity contribution >= 4 is 17.6 Å². The molecular weight excluding hydrogens is 432 g/mol. The number of carbonyl (C=O) groups is 2. The third kappa shape index (κ3) is 5.57. The van der Waals surface area contributed by atoms with Crippen LogP contribution in [-0.2, 0) is 10.2 Å². The molecule has 0 unspecified atom stereocenters. The number of aromatic nitrogens is 2. The van der Waals surface area contributed by atoms with Gasteiger partial charge in [-0.15, -0.1) is 0 Å². The third-order valence-electron chi connectivity index (χ3n) is 5.41. The molecule has 0 bridgehead atoms. The van der Waals surface area contributed by atoms with Crippen molar-refractivity contribution in [2.75, 3.05) is 33.1 Å². The quantitative estimate of drug-likeness (QED) is 0.566. The molecule has 8 heteroatoms. The molecule has 0 aliphatic rings. The second-order valence-corrected chi connectivity index (χ2v) is 9.17. The molecule has 0 saturated carbocycles. The normalized spacial score (nSPS) is 11.1. The van der Waals surface area contributed by atoms with E-state index in [1.165, 1.54) is 19.1 Å². The molecule has 3 aromatic rings. The van der Waals surface area contributed by atoms with Crippen LogP contribution in [0, 0.1) is 6.92 Å². The minimum absolute atomic E-state index is 0.137. The van der Waals surface area contributed by atoms with E-state index in [9.17, 15) is 9.59 Å². The second kappa shape index (κ2) is 9.99. The van der Waals surface area contributed by atoms with Crippen LogP contribution in [0.15, 0.2) is 48.5 Å². The molecule has 0 aliphatic carbocycles. The van der Waals surface area contributed by atoms with Gasteiger partial charge in [-0.3, -0.25) is 9.59 Å². The molecule has 3 rings (SSSR count). The third-order valence-corrected chi connectivity index (χ3v) is 5.41. The summed E-state index contributed by atoms with van der Waals surface area (Å²) >= 11 is 0. The van der Waals surface area contributed by atoms with E-state index in [0.29, 0.717) is 22.9 Å². The highest BCUT2D eigenvalue weighted by Gasteiger charge is 2.23. The Bertz CT molecular complexity index is 1170. The largest absolute Gasteiger partial charge is 0.497 e. The summed E-state index contributed by atoms with van der Waals surface area (Å²) in [4.78, 5) is 27.2. The zero-order chi connectivity index (χ0) is 25.0. The van der Waals surface area contributed by atoms with Crippen LogP contribution in [0.25, 0.3) is 5.69 Å². The highest BCUT2D eigenvalue weighted by atomic mass is 16.5. The SMILES string of the molecule is COc1cc(OC)cc(C(=O)N(C)CC(=O)Nc2cc(C(C)(C)C)nn2-c2ccccc2C)c1. The number of nitrogens with one attached hydrogen (secondary N) is 1. The van der Waals surface area contributed by atoms with Gasteiger partial charge < -0.3 is 19.7 Å². The maximum absolute atomic E-state index is 13.0. The van der Waals surface area contributed by atoms with Crippen molar-refractivity contribution in [2.24, 2.45) is 0 Å². The van der Waals surface area contributed by atoms with Crippen LogP contribution in [-0.4, -0.2) is 54.3 Å². The standard InChI is InChI=1S/C26H32N4O4/c1-17-10-8-9-11-21(17)30-23(15-22(28-30)26(2,3)4)27-24(31)16-29(5)25(32)18-12-19(33-6)14-20(13-18)34-7/h8-15H,16H2,1-7H3,(H,27,31). The van der Waals surface area contributed by atoms with Gasteiger partial charge in [0.1, 0.15) is 17.3 Å². The molecule has 0 atom stereocenters. The number of anilines is 1. The number of nitrogens with zero attached hydrogens (tertiary/aromatic N) is 3. The lowest BCUT2D eigenvalue weighted by Gasteiger charge is -2.18. The van der Waals surface area contributed by atoms with E-state index in [0.717, 1.165) is 16.9 Å². The summed E-state index contributed by atoms with van der Waals surface area (Å²) in [6, 6.07) is 14.6. The Balaban J connectivity index is 1.82. The van der Waals surface area contributed by atoms with E-state index in [4.69, 9.17) is 14.6 Å². The van der Waals surface area contributed by atoms with E-state index in [1.54, 1.807) is 29.9 Å². The van der Waals surface area contributed by atoms with Gasteiger partial charge in [-0.2, -0.15) is 5.10 Å². The summed E-state index contributed by atoms with van der Waals surface area (Å²) in [6.07, 6.45) is 0. The number of methoxy groups -OCH3 is 2. The number of carbonyl (C=O) groups excluding carboxylic acids is 2. The molecule has 0 radical (unpaired) electrons. The van der Waals surface area contributed by atoms with Crippen molar-refractivity contribution in [3.8, 4) is 17.2 Å². The Morgan fingerprint density at radius 1 is 1.03 bits per heavy atom. The van der Waals surface area contributed by atoms with Gasteiger partial charge in [-0.1, -0.05) is 39.0 Å². The Hall–Kier alpha value is -3.81. The number of amides is 2. The summed E-state index contributed by atoms with van der Waals surface area (Å²) in [7, 11) is 4.61. The number of ether oxygens (including phenoxy) is 2. The van der Waals surface area contributed by atoms with Crippen LogP contribution >= 0.6 is 0 Å². The fraction of sp³-hybridized carbons (Fsp3) is 0.346. The first-order valence-corrected chi connectivity index (χ1v) is 11.0. The zero-order valence-electron chi connectivity index (χ0n) is 20.8. The monoisotopic (exact) mass is 464 g/mol. The van der Waals surface area contributed by atoms with Gasteiger partial charge in [0.05, 0.1) is 32.1 Å². The first-order valence-electron chi connectivity index (χ1n) is 11.0. The predicted octanol–water partition coefficient (Wildman–Crippen LogP) is 4.21. The van der Waals surface area contributed by atoms with Crippen LogP contribution in [0.5, 0.6) is 11.5 Å². The van der Waals surface area contributed by atoms with Crippen LogP contribution in [0.3, 0.4) is 0 Å². The van der Waals surface area contributed by atoms with Gasteiger partial charge in [-0.25, -0.2) is 4.68 Å². The van der Waals surface area contributed by atoms with E-state index in [1.807, 2.05) is 37.3 Å². The lowest BCUT2D eigenvalue weighted by molar-refractivity contribution is -0.116. The molecule has 1 heterocycles. The Kier molecular flexibility index (Phi) is 7.29. The number of likely N-dealkylation sites (N-methyl/N-ethyl adjacent to an activating group) is 1. The molecule has 0 aliphatic heterocycles. The lowest BCUT2D eigenvalue weighted by atomic mass is 9.92. The van der Waals surface area contributed by atoms with E-state index < -0.39 is 0 Å². The summed E-state index contributed by atoms with van der Waals surface area (Å²) in [5, 5.41) is 7.69. The van der Waals surface area contributed by atoms with Crippen molar-refractivity contribution in [2.45, 2.75) is 33.1 Å². The number of rotatable bonds is 7. The first-order chi connectivity index (χ1) is 16.0. The number of hydrogen-bond donors (Lipinski definition) is 1. The molecule has 2 aromatic carbocycles. The summed E-state index contributed by atoms with van der Waals surface area (Å²) in [5.41, 5.74) is 2.92. The number of benzene rings is 2. The average Bonchev–Trinajstić information content (AvgIpc) is 3.22. The molecular formula is C26H32N4O4. The second-order valence-electron chi connectivity index (χ2n) is 9.17. The minimum Gasteiger partial charge on any atom is -0.497 e. The fourth-order valence-electron chi connectivity index (χ4n) is 3.44. The van der Waals surface area contributed by atoms with Crippen molar-refractivity contribution in [1.82, 2.24) is 14.7 Å². The highest BCUT2D eigenvalue weighted by molar-refractivity contribution is 5.99. The maximum atomic E-state index is 13.0. The molecule has 0 spiro atoms. The van der Waals surface area contributed by atoms with Gasteiger partial charge in [0.25, 0.3) is 5.91 Å². The predicted molar refractivity (Wildman–Crippen MR) is 132 cm³/mol. The van der Waals surface area contributed by atoms with Crippen LogP contribution in [0.1, 0.15) is 42.4 Å². The molecule has 0 saturated heterocycles. The van der Waals surface area contributed by atoms with Gasteiger partial charge in [0.2, 0.25) is 5.91 Å². The Morgan fingerprint density at radius 2 is 1.65 bits per heavy atom. The maximum Gasteiger partial charge on any atom is 0.254 e. The van der Waals surface area contributed by atoms with Gasteiger partial charge in [0, 0.05) is 30.2 Å². The topological polar surface area (TPSA) is 85.7 Å². The zero-order valence-corrected chi connectivity index (χ0v) is 20.8. The van der Waals surface area contributed by atoms with Crippen molar-refractivity contribution in [1.29, 1.82) is 0 Å². The number of para-hydroxylation sites is 1. The van der Waals surface area contributed by atoms with Gasteiger partial charge >= 0.3 is 0 Å². The summed E-state index contributed by atoms with van der Waals surface area (Å²) in [5.74, 6) is 0.888. The number of hydrogen-bond acceptors (Lipinski definition) is 5. The molecule has 1 N–H and O–H groups in total. The van der Waals surface area contributed by atoms with Gasteiger partial charge in [-0.05, 0) is 30.7 Å². The van der Waals surface area contributed by atoms with E-state index >= 15 is 0 Å². The smallest absolute Gasteiger partial charge is 0.254 e. The van der Waals surface area contributed by atoms with Crippen molar-refractivity contribution in [3.05, 3.63) is 65.4 Å². The number of aryl methyl sites for hydroxylation is 1. The Morgan fingerprint density at radius 3 is 2.21 bits per heavy atom.